The third-order valence-electron chi connectivity index (χ3n) is 4.54. The monoisotopic (exact) mass is 405 g/mol. The number of hydrogen-bond donors (Lipinski definition) is 1. The van der Waals surface area contributed by atoms with Crippen molar-refractivity contribution >= 4 is 33.5 Å². The number of hydrogen-bond acceptors (Lipinski definition) is 5. The van der Waals surface area contributed by atoms with Crippen molar-refractivity contribution in [1.29, 1.82) is 0 Å². The second kappa shape index (κ2) is 8.33. The zero-order valence-electron chi connectivity index (χ0n) is 15.4. The van der Waals surface area contributed by atoms with Gasteiger partial charge in [0.15, 0.2) is 0 Å². The van der Waals surface area contributed by atoms with E-state index in [0.29, 0.717) is 19.4 Å². The Kier molecular flexibility index (Phi) is 6.08. The third-order valence-corrected chi connectivity index (χ3v) is 7.36. The van der Waals surface area contributed by atoms with E-state index in [1.54, 1.807) is 41.8 Å². The lowest BCUT2D eigenvalue weighted by Crippen LogP contribution is -2.44. The van der Waals surface area contributed by atoms with E-state index in [1.165, 1.54) is 9.18 Å². The number of carbonyl (C=O) groups excluding carboxylic acids is 1. The van der Waals surface area contributed by atoms with Crippen molar-refractivity contribution in [1.82, 2.24) is 9.73 Å². The van der Waals surface area contributed by atoms with E-state index < -0.39 is 15.9 Å². The van der Waals surface area contributed by atoms with Gasteiger partial charge in [-0.1, -0.05) is 17.7 Å². The number of amides is 1. The summed E-state index contributed by atoms with van der Waals surface area (Å²) in [6.45, 7) is 4.52. The first-order valence-electron chi connectivity index (χ1n) is 8.82. The van der Waals surface area contributed by atoms with Gasteiger partial charge in [0.1, 0.15) is 0 Å². The molecule has 2 aromatic rings. The maximum Gasteiger partial charge on any atom is 0.244 e. The number of rotatable bonds is 5. The lowest BCUT2D eigenvalue weighted by Gasteiger charge is -2.30. The Morgan fingerprint density at radius 1 is 1.22 bits per heavy atom. The van der Waals surface area contributed by atoms with Gasteiger partial charge in [-0.05, 0) is 51.0 Å². The number of hydrazone groups is 1. The van der Waals surface area contributed by atoms with Crippen molar-refractivity contribution in [2.45, 2.75) is 31.6 Å². The van der Waals surface area contributed by atoms with Gasteiger partial charge in [0.25, 0.3) is 0 Å². The van der Waals surface area contributed by atoms with Crippen LogP contribution in [0.5, 0.6) is 0 Å². The fraction of sp³-hybridized carbons (Fsp3) is 0.368. The first-order valence-corrected chi connectivity index (χ1v) is 11.1. The van der Waals surface area contributed by atoms with E-state index in [9.17, 15) is 13.2 Å². The van der Waals surface area contributed by atoms with E-state index in [1.807, 2.05) is 26.0 Å². The predicted molar refractivity (Wildman–Crippen MR) is 107 cm³/mol. The van der Waals surface area contributed by atoms with Crippen LogP contribution in [0.25, 0.3) is 0 Å². The minimum absolute atomic E-state index is 0.176. The molecule has 0 aliphatic carbocycles. The molecule has 1 aliphatic rings. The zero-order chi connectivity index (χ0) is 19.4. The van der Waals surface area contributed by atoms with Gasteiger partial charge in [0.2, 0.25) is 15.9 Å². The minimum Gasteiger partial charge on any atom is -0.273 e. The quantitative estimate of drug-likeness (QED) is 0.614. The van der Waals surface area contributed by atoms with E-state index in [-0.39, 0.29) is 17.3 Å². The van der Waals surface area contributed by atoms with Crippen molar-refractivity contribution in [3.8, 4) is 0 Å². The summed E-state index contributed by atoms with van der Waals surface area (Å²) in [5, 5.41) is 4.00. The van der Waals surface area contributed by atoms with E-state index >= 15 is 0 Å². The molecular weight excluding hydrogens is 382 g/mol. The van der Waals surface area contributed by atoms with Crippen LogP contribution in [0.15, 0.2) is 46.4 Å². The lowest BCUT2D eigenvalue weighted by atomic mass is 9.99. The number of sulfonamides is 1. The first-order chi connectivity index (χ1) is 12.9. The predicted octanol–water partition coefficient (Wildman–Crippen LogP) is 2.92. The second-order valence-electron chi connectivity index (χ2n) is 6.70. The maximum absolute atomic E-state index is 12.8. The molecule has 6 nitrogen and oxygen atoms in total. The highest BCUT2D eigenvalue weighted by atomic mass is 32.2. The molecule has 1 amide bonds. The summed E-state index contributed by atoms with van der Waals surface area (Å²) in [6, 6.07) is 10.7. The van der Waals surface area contributed by atoms with Crippen LogP contribution in [-0.4, -0.2) is 37.9 Å². The molecule has 27 heavy (non-hydrogen) atoms. The van der Waals surface area contributed by atoms with Crippen LogP contribution in [0.1, 0.15) is 28.2 Å². The Morgan fingerprint density at radius 2 is 1.96 bits per heavy atom. The molecule has 1 aromatic heterocycles. The Labute approximate surface area is 164 Å². The zero-order valence-corrected chi connectivity index (χ0v) is 17.0. The highest BCUT2D eigenvalue weighted by molar-refractivity contribution is 7.89. The summed E-state index contributed by atoms with van der Waals surface area (Å²) in [5.41, 5.74) is 3.55. The Hall–Kier alpha value is -2.03. The molecule has 8 heteroatoms. The molecular formula is C19H23N3O3S2. The van der Waals surface area contributed by atoms with Crippen molar-refractivity contribution in [3.05, 3.63) is 51.7 Å². The van der Waals surface area contributed by atoms with Crippen LogP contribution in [-0.2, 0) is 14.8 Å². The highest BCUT2D eigenvalue weighted by Gasteiger charge is 2.33. The number of carbonyl (C=O) groups is 1. The molecule has 3 rings (SSSR count). The fourth-order valence-electron chi connectivity index (χ4n) is 3.01. The van der Waals surface area contributed by atoms with Crippen molar-refractivity contribution in [3.63, 3.8) is 0 Å². The molecule has 1 aliphatic heterocycles. The average Bonchev–Trinajstić information content (AvgIpc) is 3.07. The number of aryl methyl sites for hydroxylation is 2. The third kappa shape index (κ3) is 4.82. The topological polar surface area (TPSA) is 78.8 Å². The smallest absolute Gasteiger partial charge is 0.244 e. The number of nitrogens with one attached hydrogen (secondary N) is 1. The lowest BCUT2D eigenvalue weighted by molar-refractivity contribution is -0.126. The van der Waals surface area contributed by atoms with Crippen molar-refractivity contribution in [2.75, 3.05) is 13.1 Å². The van der Waals surface area contributed by atoms with Gasteiger partial charge in [-0.25, -0.2) is 13.8 Å². The van der Waals surface area contributed by atoms with Gasteiger partial charge in [-0.2, -0.15) is 9.41 Å². The molecule has 0 bridgehead atoms. The fourth-order valence-corrected chi connectivity index (χ4v) is 5.28. The molecule has 1 atom stereocenters. The van der Waals surface area contributed by atoms with Gasteiger partial charge in [-0.15, -0.1) is 11.3 Å². The van der Waals surface area contributed by atoms with Crippen LogP contribution in [0.2, 0.25) is 0 Å². The summed E-state index contributed by atoms with van der Waals surface area (Å²) >= 11 is 1.59. The molecule has 1 N–H and O–H groups in total. The van der Waals surface area contributed by atoms with Gasteiger partial charge in [0, 0.05) is 22.8 Å². The first kappa shape index (κ1) is 19.7. The summed E-state index contributed by atoms with van der Waals surface area (Å²) in [5.74, 6) is -0.649. The molecule has 0 saturated carbocycles. The molecule has 2 heterocycles. The SMILES string of the molecule is Cc1ccc(S(=O)(=O)N2CCC[C@@H](C(=O)N/N=C\c3ccc(C)s3)C2)cc1. The molecule has 0 unspecified atom stereocenters. The number of benzene rings is 1. The van der Waals surface area contributed by atoms with E-state index in [0.717, 1.165) is 10.4 Å². The standard InChI is InChI=1S/C19H23N3O3S2/c1-14-5-9-18(10-6-14)27(24,25)22-11-3-4-16(13-22)19(23)21-20-12-17-8-7-15(2)26-17/h5-10,12,16H,3-4,11,13H2,1-2H3,(H,21,23)/b20-12-/t16-/m1/s1. The molecule has 144 valence electrons. The van der Waals surface area contributed by atoms with Crippen molar-refractivity contribution in [2.24, 2.45) is 11.0 Å². The highest BCUT2D eigenvalue weighted by Crippen LogP contribution is 2.24. The summed E-state index contributed by atoms with van der Waals surface area (Å²) in [4.78, 5) is 14.8. The Morgan fingerprint density at radius 3 is 2.63 bits per heavy atom. The van der Waals surface area contributed by atoms with Crippen LogP contribution in [0.3, 0.4) is 0 Å². The van der Waals surface area contributed by atoms with Gasteiger partial charge >= 0.3 is 0 Å². The van der Waals surface area contributed by atoms with Gasteiger partial charge < -0.3 is 0 Å². The van der Waals surface area contributed by atoms with Crippen LogP contribution >= 0.6 is 11.3 Å². The Balaban J connectivity index is 1.63. The van der Waals surface area contributed by atoms with Crippen molar-refractivity contribution < 1.29 is 13.2 Å². The van der Waals surface area contributed by atoms with Gasteiger partial charge in [0.05, 0.1) is 17.0 Å². The summed E-state index contributed by atoms with van der Waals surface area (Å²) in [7, 11) is -3.59. The van der Waals surface area contributed by atoms with Crippen LogP contribution < -0.4 is 5.43 Å². The largest absolute Gasteiger partial charge is 0.273 e. The number of piperidine rings is 1. The van der Waals surface area contributed by atoms with E-state index in [4.69, 9.17) is 0 Å². The normalized spacial score (nSPS) is 18.7. The number of thiophene rings is 1. The number of nitrogens with zero attached hydrogens (tertiary/aromatic N) is 2. The second-order valence-corrected chi connectivity index (χ2v) is 9.96. The van der Waals surface area contributed by atoms with Gasteiger partial charge in [-0.3, -0.25) is 4.79 Å². The molecule has 1 saturated heterocycles. The molecule has 0 spiro atoms. The summed E-state index contributed by atoms with van der Waals surface area (Å²) < 4.78 is 27.1. The molecule has 1 fully saturated rings. The molecule has 0 radical (unpaired) electrons. The Bertz CT molecular complexity index is 933. The van der Waals surface area contributed by atoms with Crippen LogP contribution in [0, 0.1) is 19.8 Å². The maximum atomic E-state index is 12.8. The average molecular weight is 406 g/mol. The minimum atomic E-state index is -3.59. The van der Waals surface area contributed by atoms with E-state index in [2.05, 4.69) is 10.5 Å². The van der Waals surface area contributed by atoms with Crippen LogP contribution in [0.4, 0.5) is 0 Å². The molecule has 1 aromatic carbocycles. The summed E-state index contributed by atoms with van der Waals surface area (Å²) in [6.07, 6.45) is 2.91.